The van der Waals surface area contributed by atoms with Crippen molar-refractivity contribution < 1.29 is 32.3 Å². The molecule has 1 aromatic heterocycles. The molecule has 1 aliphatic heterocycles. The number of ether oxygens (including phenoxy) is 1. The average Bonchev–Trinajstić information content (AvgIpc) is 3.17. The molecule has 0 radical (unpaired) electrons. The van der Waals surface area contributed by atoms with E-state index in [0.717, 1.165) is 0 Å². The summed E-state index contributed by atoms with van der Waals surface area (Å²) in [6.45, 7) is 0. The number of methoxy groups -OCH3 is 1. The predicted octanol–water partition coefficient (Wildman–Crippen LogP) is 5.28. The van der Waals surface area contributed by atoms with E-state index in [1.807, 2.05) is 6.07 Å². The molecular formula is C34H30F3N5O4. The molecule has 3 aromatic carbocycles. The van der Waals surface area contributed by atoms with Gasteiger partial charge in [0.25, 0.3) is 5.91 Å². The van der Waals surface area contributed by atoms with Gasteiger partial charge in [0.1, 0.15) is 11.6 Å². The maximum Gasteiger partial charge on any atom is 0.389 e. The van der Waals surface area contributed by atoms with E-state index in [2.05, 4.69) is 10.3 Å². The number of primary amides is 1. The summed E-state index contributed by atoms with van der Waals surface area (Å²) in [5.74, 6) is -4.97. The Kier molecular flexibility index (Phi) is 9.45. The zero-order valence-corrected chi connectivity index (χ0v) is 24.6. The minimum Gasteiger partial charge on any atom is -0.495 e. The fourth-order valence-electron chi connectivity index (χ4n) is 5.39. The van der Waals surface area contributed by atoms with Crippen LogP contribution in [0.1, 0.15) is 35.4 Å². The SMILES string of the molecule is COc1ccc(N2C(=O)[C@@H](NC(=O)[C@@H](c3ccccc3)[C@@H](CCC(F)(F)F)C(N)=O)N=C(c3ccccc3)c3ccccc32)nc1. The maximum absolute atomic E-state index is 14.4. The van der Waals surface area contributed by atoms with Crippen LogP contribution in [0.2, 0.25) is 0 Å². The Morgan fingerprint density at radius 2 is 1.61 bits per heavy atom. The van der Waals surface area contributed by atoms with Crippen molar-refractivity contribution in [1.29, 1.82) is 0 Å². The Labute approximate surface area is 262 Å². The number of aliphatic imine (C=N–C) groups is 1. The summed E-state index contributed by atoms with van der Waals surface area (Å²) in [5, 5.41) is 2.64. The Morgan fingerprint density at radius 3 is 2.22 bits per heavy atom. The molecule has 3 atom stereocenters. The molecule has 46 heavy (non-hydrogen) atoms. The number of carbonyl (C=O) groups excluding carboxylic acids is 3. The first-order chi connectivity index (χ1) is 22.1. The maximum atomic E-state index is 14.4. The molecule has 4 aromatic rings. The van der Waals surface area contributed by atoms with Gasteiger partial charge in [-0.3, -0.25) is 19.3 Å². The Balaban J connectivity index is 1.62. The van der Waals surface area contributed by atoms with Gasteiger partial charge in [-0.15, -0.1) is 0 Å². The second-order valence-electron chi connectivity index (χ2n) is 10.6. The van der Waals surface area contributed by atoms with Gasteiger partial charge in [-0.05, 0) is 30.2 Å². The number of pyridine rings is 1. The summed E-state index contributed by atoms with van der Waals surface area (Å²) in [5.41, 5.74) is 7.88. The molecule has 12 heteroatoms. The molecule has 2 heterocycles. The normalized spacial score (nSPS) is 16.0. The number of anilines is 2. The van der Waals surface area contributed by atoms with Crippen molar-refractivity contribution in [2.75, 3.05) is 12.0 Å². The van der Waals surface area contributed by atoms with Crippen molar-refractivity contribution in [2.45, 2.75) is 31.1 Å². The van der Waals surface area contributed by atoms with Gasteiger partial charge in [0.15, 0.2) is 0 Å². The van der Waals surface area contributed by atoms with Gasteiger partial charge < -0.3 is 15.8 Å². The number of fused-ring (bicyclic) bond motifs is 1. The second-order valence-corrected chi connectivity index (χ2v) is 10.6. The molecule has 0 aliphatic carbocycles. The number of alkyl halides is 3. The van der Waals surface area contributed by atoms with Gasteiger partial charge in [0.2, 0.25) is 18.0 Å². The van der Waals surface area contributed by atoms with Crippen LogP contribution in [0, 0.1) is 5.92 Å². The second kappa shape index (κ2) is 13.6. The molecule has 0 saturated heterocycles. The van der Waals surface area contributed by atoms with E-state index in [-0.39, 0.29) is 11.4 Å². The number of para-hydroxylation sites is 1. The molecule has 0 bridgehead atoms. The fraction of sp³-hybridized carbons (Fsp3) is 0.206. The number of hydrogen-bond acceptors (Lipinski definition) is 6. The molecular weight excluding hydrogens is 599 g/mol. The lowest BCUT2D eigenvalue weighted by Gasteiger charge is -2.28. The number of benzodiazepines with no additional fused rings is 1. The van der Waals surface area contributed by atoms with Crippen molar-refractivity contribution in [3.05, 3.63) is 120 Å². The predicted molar refractivity (Wildman–Crippen MR) is 166 cm³/mol. The van der Waals surface area contributed by atoms with E-state index in [0.29, 0.717) is 28.3 Å². The minimum atomic E-state index is -4.59. The summed E-state index contributed by atoms with van der Waals surface area (Å²) in [7, 11) is 1.48. The lowest BCUT2D eigenvalue weighted by Crippen LogP contribution is -2.49. The van der Waals surface area contributed by atoms with E-state index >= 15 is 0 Å². The number of carbonyl (C=O) groups is 3. The zero-order chi connectivity index (χ0) is 32.8. The van der Waals surface area contributed by atoms with E-state index < -0.39 is 54.7 Å². The average molecular weight is 630 g/mol. The fourth-order valence-corrected chi connectivity index (χ4v) is 5.39. The third kappa shape index (κ3) is 7.06. The summed E-state index contributed by atoms with van der Waals surface area (Å²) < 4.78 is 45.0. The monoisotopic (exact) mass is 629 g/mol. The first-order valence-corrected chi connectivity index (χ1v) is 14.4. The van der Waals surface area contributed by atoms with Gasteiger partial charge in [-0.2, -0.15) is 13.2 Å². The molecule has 0 spiro atoms. The van der Waals surface area contributed by atoms with Crippen LogP contribution in [0.3, 0.4) is 0 Å². The Hall–Kier alpha value is -5.52. The van der Waals surface area contributed by atoms with Gasteiger partial charge in [0, 0.05) is 17.5 Å². The highest BCUT2D eigenvalue weighted by atomic mass is 19.4. The summed E-state index contributed by atoms with van der Waals surface area (Å²) >= 11 is 0. The summed E-state index contributed by atoms with van der Waals surface area (Å²) in [6.07, 6.45) is -6.78. The van der Waals surface area contributed by atoms with Gasteiger partial charge in [0.05, 0.1) is 36.5 Å². The summed E-state index contributed by atoms with van der Waals surface area (Å²) in [6, 6.07) is 27.1. The molecule has 0 unspecified atom stereocenters. The van der Waals surface area contributed by atoms with Crippen LogP contribution in [0.5, 0.6) is 5.75 Å². The van der Waals surface area contributed by atoms with Gasteiger partial charge >= 0.3 is 6.18 Å². The van der Waals surface area contributed by atoms with Crippen molar-refractivity contribution in [1.82, 2.24) is 10.3 Å². The van der Waals surface area contributed by atoms with Gasteiger partial charge in [-0.1, -0.05) is 78.9 Å². The highest BCUT2D eigenvalue weighted by molar-refractivity contribution is 6.21. The van der Waals surface area contributed by atoms with Crippen LogP contribution in [0.25, 0.3) is 0 Å². The third-order valence-corrected chi connectivity index (χ3v) is 7.57. The quantitative estimate of drug-likeness (QED) is 0.247. The number of amides is 3. The number of aromatic nitrogens is 1. The van der Waals surface area contributed by atoms with E-state index in [4.69, 9.17) is 15.5 Å². The van der Waals surface area contributed by atoms with Crippen LogP contribution in [0.15, 0.2) is 108 Å². The molecule has 1 aliphatic rings. The molecule has 3 amide bonds. The van der Waals surface area contributed by atoms with Crippen LogP contribution in [-0.4, -0.2) is 47.9 Å². The van der Waals surface area contributed by atoms with Crippen molar-refractivity contribution >= 4 is 34.9 Å². The largest absolute Gasteiger partial charge is 0.495 e. The van der Waals surface area contributed by atoms with Crippen LogP contribution < -0.4 is 20.7 Å². The van der Waals surface area contributed by atoms with E-state index in [9.17, 15) is 27.6 Å². The lowest BCUT2D eigenvalue weighted by atomic mass is 9.81. The number of hydrogen-bond donors (Lipinski definition) is 2. The zero-order valence-electron chi connectivity index (χ0n) is 24.6. The van der Waals surface area contributed by atoms with E-state index in [1.54, 1.807) is 78.9 Å². The number of nitrogens with one attached hydrogen (secondary N) is 1. The molecule has 0 saturated carbocycles. The Bertz CT molecular complexity index is 1730. The van der Waals surface area contributed by atoms with Gasteiger partial charge in [-0.25, -0.2) is 9.98 Å². The van der Waals surface area contributed by atoms with Crippen LogP contribution in [-0.2, 0) is 14.4 Å². The van der Waals surface area contributed by atoms with Crippen molar-refractivity contribution in [2.24, 2.45) is 16.6 Å². The highest BCUT2D eigenvalue weighted by Crippen LogP contribution is 2.35. The lowest BCUT2D eigenvalue weighted by molar-refractivity contribution is -0.143. The van der Waals surface area contributed by atoms with Crippen molar-refractivity contribution in [3.8, 4) is 5.75 Å². The minimum absolute atomic E-state index is 0.210. The van der Waals surface area contributed by atoms with E-state index in [1.165, 1.54) is 30.3 Å². The molecule has 9 nitrogen and oxygen atoms in total. The Morgan fingerprint density at radius 1 is 0.957 bits per heavy atom. The van der Waals surface area contributed by atoms with Crippen LogP contribution in [0.4, 0.5) is 24.7 Å². The number of nitrogens with zero attached hydrogens (tertiary/aromatic N) is 3. The molecule has 5 rings (SSSR count). The number of nitrogens with two attached hydrogens (primary N) is 1. The standard InChI is InChI=1S/C34H30F3N5O4/c1-46-23-16-17-27(39-20-23)42-26-15-9-8-14-24(26)29(22-12-6-3-7-13-22)40-31(33(42)45)41-32(44)28(21-10-4-2-5-11-21)25(30(38)43)18-19-34(35,36)37/h2-17,20,25,28,31H,18-19H2,1H3,(H2,38,43)(H,41,44)/t25-,28+,31-/m1/s1. The van der Waals surface area contributed by atoms with Crippen LogP contribution >= 0.6 is 0 Å². The highest BCUT2D eigenvalue weighted by Gasteiger charge is 2.41. The third-order valence-electron chi connectivity index (χ3n) is 7.57. The molecule has 236 valence electrons. The van der Waals surface area contributed by atoms with Crippen molar-refractivity contribution in [3.63, 3.8) is 0 Å². The number of rotatable bonds is 10. The molecule has 3 N–H and O–H groups in total. The molecule has 0 fully saturated rings. The topological polar surface area (TPSA) is 127 Å². The first-order valence-electron chi connectivity index (χ1n) is 14.4. The first kappa shape index (κ1) is 31.9. The number of halogens is 3. The number of benzene rings is 3. The summed E-state index contributed by atoms with van der Waals surface area (Å²) in [4.78, 5) is 51.5. The smallest absolute Gasteiger partial charge is 0.389 e.